The maximum atomic E-state index is 12.1. The van der Waals surface area contributed by atoms with Crippen LogP contribution in [-0.4, -0.2) is 24.0 Å². The highest BCUT2D eigenvalue weighted by molar-refractivity contribution is 5.80. The summed E-state index contributed by atoms with van der Waals surface area (Å²) in [6.07, 6.45) is 3.50. The molecule has 1 aromatic rings. The summed E-state index contributed by atoms with van der Waals surface area (Å²) in [6.45, 7) is 5.83. The third-order valence-electron chi connectivity index (χ3n) is 3.42. The van der Waals surface area contributed by atoms with Crippen LogP contribution in [0.25, 0.3) is 0 Å². The third-order valence-corrected chi connectivity index (χ3v) is 3.42. The van der Waals surface area contributed by atoms with E-state index < -0.39 is 0 Å². The average molecular weight is 233 g/mol. The Balaban J connectivity index is 1.95. The van der Waals surface area contributed by atoms with Gasteiger partial charge >= 0.3 is 0 Å². The highest BCUT2D eigenvalue weighted by Crippen LogP contribution is 2.18. The van der Waals surface area contributed by atoms with Crippen LogP contribution in [0.4, 0.5) is 0 Å². The maximum absolute atomic E-state index is 12.1. The van der Waals surface area contributed by atoms with Gasteiger partial charge in [0.1, 0.15) is 0 Å². The van der Waals surface area contributed by atoms with E-state index in [-0.39, 0.29) is 17.9 Å². The molecule has 2 rings (SSSR count). The molecule has 2 N–H and O–H groups in total. The molecule has 1 aliphatic rings. The summed E-state index contributed by atoms with van der Waals surface area (Å²) in [7, 11) is 0. The molecule has 0 bridgehead atoms. The predicted molar refractivity (Wildman–Crippen MR) is 66.3 cm³/mol. The summed E-state index contributed by atoms with van der Waals surface area (Å²) in [4.78, 5) is 16.0. The summed E-state index contributed by atoms with van der Waals surface area (Å²) in [5.74, 6) is 0.658. The SMILES string of the molecule is CC1CNCC1C(=O)N[C@@H](C)c1ccncc1. The molecule has 1 aromatic heterocycles. The topological polar surface area (TPSA) is 54.0 Å². The van der Waals surface area contributed by atoms with E-state index in [4.69, 9.17) is 0 Å². The van der Waals surface area contributed by atoms with Gasteiger partial charge in [0.05, 0.1) is 12.0 Å². The predicted octanol–water partition coefficient (Wildman–Crippen LogP) is 1.11. The number of pyridine rings is 1. The van der Waals surface area contributed by atoms with Gasteiger partial charge in [-0.3, -0.25) is 9.78 Å². The van der Waals surface area contributed by atoms with Gasteiger partial charge in [0.15, 0.2) is 0 Å². The van der Waals surface area contributed by atoms with Crippen molar-refractivity contribution in [3.63, 3.8) is 0 Å². The van der Waals surface area contributed by atoms with Gasteiger partial charge in [0, 0.05) is 18.9 Å². The fraction of sp³-hybridized carbons (Fsp3) is 0.538. The Bertz CT molecular complexity index is 380. The van der Waals surface area contributed by atoms with Gasteiger partial charge in [-0.25, -0.2) is 0 Å². The zero-order chi connectivity index (χ0) is 12.3. The molecule has 4 heteroatoms. The molecule has 1 aliphatic heterocycles. The number of nitrogens with one attached hydrogen (secondary N) is 2. The lowest BCUT2D eigenvalue weighted by Crippen LogP contribution is -2.35. The second kappa shape index (κ2) is 5.27. The smallest absolute Gasteiger partial charge is 0.225 e. The first-order chi connectivity index (χ1) is 8.18. The van der Waals surface area contributed by atoms with Gasteiger partial charge in [-0.15, -0.1) is 0 Å². The quantitative estimate of drug-likeness (QED) is 0.822. The number of hydrogen-bond donors (Lipinski definition) is 2. The molecule has 17 heavy (non-hydrogen) atoms. The number of carbonyl (C=O) groups is 1. The molecule has 2 heterocycles. The first kappa shape index (κ1) is 12.0. The second-order valence-electron chi connectivity index (χ2n) is 4.75. The Hall–Kier alpha value is -1.42. The van der Waals surface area contributed by atoms with E-state index in [0.717, 1.165) is 18.7 Å². The van der Waals surface area contributed by atoms with Crippen molar-refractivity contribution in [1.29, 1.82) is 0 Å². The van der Waals surface area contributed by atoms with E-state index in [2.05, 4.69) is 22.5 Å². The molecule has 2 unspecified atom stereocenters. The molecule has 1 fully saturated rings. The van der Waals surface area contributed by atoms with E-state index in [9.17, 15) is 4.79 Å². The summed E-state index contributed by atoms with van der Waals surface area (Å²) < 4.78 is 0. The van der Waals surface area contributed by atoms with E-state index >= 15 is 0 Å². The lowest BCUT2D eigenvalue weighted by atomic mass is 9.96. The summed E-state index contributed by atoms with van der Waals surface area (Å²) in [5, 5.41) is 6.31. The minimum atomic E-state index is 0.0401. The van der Waals surface area contributed by atoms with Gasteiger partial charge in [0.2, 0.25) is 5.91 Å². The van der Waals surface area contributed by atoms with Gasteiger partial charge in [-0.1, -0.05) is 6.92 Å². The monoisotopic (exact) mass is 233 g/mol. The Morgan fingerprint density at radius 2 is 2.18 bits per heavy atom. The molecular formula is C13H19N3O. The zero-order valence-corrected chi connectivity index (χ0v) is 10.3. The Kier molecular flexibility index (Phi) is 3.74. The first-order valence-electron chi connectivity index (χ1n) is 6.09. The Labute approximate surface area is 102 Å². The van der Waals surface area contributed by atoms with Gasteiger partial charge in [-0.2, -0.15) is 0 Å². The standard InChI is InChI=1S/C13H19N3O/c1-9-7-15-8-12(9)13(17)16-10(2)11-3-5-14-6-4-11/h3-6,9-10,12,15H,7-8H2,1-2H3,(H,16,17)/t9?,10-,12?/m0/s1. The minimum Gasteiger partial charge on any atom is -0.349 e. The fourth-order valence-corrected chi connectivity index (χ4v) is 2.22. The van der Waals surface area contributed by atoms with E-state index in [0.29, 0.717) is 5.92 Å². The van der Waals surface area contributed by atoms with Crippen molar-refractivity contribution < 1.29 is 4.79 Å². The van der Waals surface area contributed by atoms with E-state index in [1.54, 1.807) is 12.4 Å². The molecule has 0 aromatic carbocycles. The number of amides is 1. The van der Waals surface area contributed by atoms with Crippen LogP contribution < -0.4 is 10.6 Å². The van der Waals surface area contributed by atoms with Gasteiger partial charge < -0.3 is 10.6 Å². The molecule has 4 nitrogen and oxygen atoms in total. The van der Waals surface area contributed by atoms with E-state index in [1.807, 2.05) is 19.1 Å². The summed E-state index contributed by atoms with van der Waals surface area (Å²) >= 11 is 0. The Morgan fingerprint density at radius 3 is 2.76 bits per heavy atom. The highest BCUT2D eigenvalue weighted by Gasteiger charge is 2.30. The van der Waals surface area contributed by atoms with Crippen molar-refractivity contribution in [2.45, 2.75) is 19.9 Å². The van der Waals surface area contributed by atoms with Crippen LogP contribution in [0.15, 0.2) is 24.5 Å². The number of rotatable bonds is 3. The number of nitrogens with zero attached hydrogens (tertiary/aromatic N) is 1. The zero-order valence-electron chi connectivity index (χ0n) is 10.3. The van der Waals surface area contributed by atoms with Crippen molar-refractivity contribution in [2.75, 3.05) is 13.1 Å². The first-order valence-corrected chi connectivity index (χ1v) is 6.09. The van der Waals surface area contributed by atoms with Crippen LogP contribution in [0.3, 0.4) is 0 Å². The molecule has 0 spiro atoms. The van der Waals surface area contributed by atoms with Crippen LogP contribution >= 0.6 is 0 Å². The minimum absolute atomic E-state index is 0.0401. The largest absolute Gasteiger partial charge is 0.349 e. The molecular weight excluding hydrogens is 214 g/mol. The van der Waals surface area contributed by atoms with Crippen molar-refractivity contribution in [2.24, 2.45) is 11.8 Å². The van der Waals surface area contributed by atoms with E-state index in [1.165, 1.54) is 0 Å². The second-order valence-corrected chi connectivity index (χ2v) is 4.75. The van der Waals surface area contributed by atoms with Crippen molar-refractivity contribution in [3.8, 4) is 0 Å². The summed E-state index contributed by atoms with van der Waals surface area (Å²) in [6, 6.07) is 3.90. The summed E-state index contributed by atoms with van der Waals surface area (Å²) in [5.41, 5.74) is 1.09. The molecule has 0 radical (unpaired) electrons. The van der Waals surface area contributed by atoms with Gasteiger partial charge in [-0.05, 0) is 37.1 Å². The highest BCUT2D eigenvalue weighted by atomic mass is 16.2. The molecule has 0 aliphatic carbocycles. The van der Waals surface area contributed by atoms with Crippen LogP contribution in [0.1, 0.15) is 25.5 Å². The third kappa shape index (κ3) is 2.82. The maximum Gasteiger partial charge on any atom is 0.225 e. The fourth-order valence-electron chi connectivity index (χ4n) is 2.22. The van der Waals surface area contributed by atoms with Crippen LogP contribution in [0.5, 0.6) is 0 Å². The molecule has 1 saturated heterocycles. The van der Waals surface area contributed by atoms with Crippen LogP contribution in [-0.2, 0) is 4.79 Å². The van der Waals surface area contributed by atoms with Crippen molar-refractivity contribution in [1.82, 2.24) is 15.6 Å². The number of hydrogen-bond acceptors (Lipinski definition) is 3. The average Bonchev–Trinajstić information content (AvgIpc) is 2.76. The Morgan fingerprint density at radius 1 is 1.47 bits per heavy atom. The normalized spacial score (nSPS) is 25.5. The number of aromatic nitrogens is 1. The molecule has 3 atom stereocenters. The van der Waals surface area contributed by atoms with Crippen LogP contribution in [0.2, 0.25) is 0 Å². The van der Waals surface area contributed by atoms with Crippen LogP contribution in [0, 0.1) is 11.8 Å². The molecule has 92 valence electrons. The number of carbonyl (C=O) groups excluding carboxylic acids is 1. The molecule has 0 saturated carbocycles. The molecule has 1 amide bonds. The van der Waals surface area contributed by atoms with Crippen molar-refractivity contribution in [3.05, 3.63) is 30.1 Å². The lowest BCUT2D eigenvalue weighted by Gasteiger charge is -2.19. The van der Waals surface area contributed by atoms with Crippen molar-refractivity contribution >= 4 is 5.91 Å². The van der Waals surface area contributed by atoms with Gasteiger partial charge in [0.25, 0.3) is 0 Å². The lowest BCUT2D eigenvalue weighted by molar-refractivity contribution is -0.126.